The van der Waals surface area contributed by atoms with Crippen LogP contribution in [-0.2, 0) is 0 Å². The van der Waals surface area contributed by atoms with Crippen molar-refractivity contribution >= 4 is 23.5 Å². The van der Waals surface area contributed by atoms with Crippen molar-refractivity contribution in [3.8, 4) is 0 Å². The van der Waals surface area contributed by atoms with Gasteiger partial charge >= 0.3 is 0 Å². The zero-order chi connectivity index (χ0) is 14.7. The summed E-state index contributed by atoms with van der Waals surface area (Å²) in [5, 5.41) is 11.1. The molecular weight excluding hydrogens is 254 g/mol. The van der Waals surface area contributed by atoms with Gasteiger partial charge in [0, 0.05) is 43.5 Å². The van der Waals surface area contributed by atoms with E-state index < -0.39 is 0 Å². The van der Waals surface area contributed by atoms with E-state index in [9.17, 15) is 10.1 Å². The molecule has 0 N–H and O–H groups in total. The Kier molecular flexibility index (Phi) is 4.20. The Hall–Kier alpha value is -2.14. The highest BCUT2D eigenvalue weighted by molar-refractivity contribution is 5.80. The van der Waals surface area contributed by atoms with Crippen molar-refractivity contribution in [1.29, 1.82) is 0 Å². The third-order valence-electron chi connectivity index (χ3n) is 3.69. The molecule has 0 saturated carbocycles. The largest absolute Gasteiger partial charge is 0.368 e. The number of anilines is 1. The number of hydrogen-bond acceptors (Lipinski definition) is 4. The number of piperazine rings is 1. The van der Waals surface area contributed by atoms with Crippen LogP contribution in [0.15, 0.2) is 25.3 Å². The Balaban J connectivity index is 2.46. The molecule has 0 radical (unpaired) electrons. The molecule has 0 bridgehead atoms. The lowest BCUT2D eigenvalue weighted by Gasteiger charge is -2.35. The second kappa shape index (κ2) is 5.88. The summed E-state index contributed by atoms with van der Waals surface area (Å²) in [6.07, 6.45) is 3.21. The highest BCUT2D eigenvalue weighted by Crippen LogP contribution is 2.33. The fourth-order valence-corrected chi connectivity index (χ4v) is 2.52. The van der Waals surface area contributed by atoms with Gasteiger partial charge in [-0.2, -0.15) is 0 Å². The van der Waals surface area contributed by atoms with Gasteiger partial charge in [-0.1, -0.05) is 25.3 Å². The smallest absolute Gasteiger partial charge is 0.277 e. The Bertz CT molecular complexity index is 546. The minimum atomic E-state index is -0.377. The maximum Gasteiger partial charge on any atom is 0.277 e. The quantitative estimate of drug-likeness (QED) is 0.625. The first kappa shape index (κ1) is 14.3. The summed E-state index contributed by atoms with van der Waals surface area (Å²) in [5.41, 5.74) is 2.40. The maximum absolute atomic E-state index is 11.1. The molecule has 0 amide bonds. The third kappa shape index (κ3) is 2.58. The molecule has 0 atom stereocenters. The molecule has 0 unspecified atom stereocenters. The summed E-state index contributed by atoms with van der Waals surface area (Å²) in [6, 6.07) is 3.37. The molecule has 5 heteroatoms. The van der Waals surface area contributed by atoms with Crippen LogP contribution in [0, 0.1) is 10.1 Å². The first-order chi connectivity index (χ1) is 9.58. The molecule has 1 heterocycles. The summed E-state index contributed by atoms with van der Waals surface area (Å²) in [6.45, 7) is 11.3. The molecule has 20 heavy (non-hydrogen) atoms. The fraction of sp³-hybridized carbons (Fsp3) is 0.333. The summed E-state index contributed by atoms with van der Waals surface area (Å²) in [4.78, 5) is 15.2. The van der Waals surface area contributed by atoms with Crippen molar-refractivity contribution in [2.45, 2.75) is 0 Å². The van der Waals surface area contributed by atoms with Gasteiger partial charge in [-0.25, -0.2) is 0 Å². The minimum absolute atomic E-state index is 0.0766. The zero-order valence-corrected chi connectivity index (χ0v) is 11.7. The first-order valence-electron chi connectivity index (χ1n) is 6.58. The number of nitrogens with zero attached hydrogens (tertiary/aromatic N) is 3. The Morgan fingerprint density at radius 3 is 2.25 bits per heavy atom. The summed E-state index contributed by atoms with van der Waals surface area (Å²) < 4.78 is 0. The third-order valence-corrected chi connectivity index (χ3v) is 3.69. The number of hydrogen-bond donors (Lipinski definition) is 0. The summed E-state index contributed by atoms with van der Waals surface area (Å²) in [5.74, 6) is 0. The van der Waals surface area contributed by atoms with Gasteiger partial charge in [-0.3, -0.25) is 10.1 Å². The van der Waals surface area contributed by atoms with E-state index in [4.69, 9.17) is 0 Å². The van der Waals surface area contributed by atoms with Crippen molar-refractivity contribution in [1.82, 2.24) is 4.90 Å². The molecule has 1 saturated heterocycles. The van der Waals surface area contributed by atoms with E-state index in [0.29, 0.717) is 5.56 Å². The van der Waals surface area contributed by atoms with Gasteiger partial charge in [0.15, 0.2) is 0 Å². The predicted molar refractivity (Wildman–Crippen MR) is 83.0 cm³/mol. The minimum Gasteiger partial charge on any atom is -0.368 e. The van der Waals surface area contributed by atoms with Gasteiger partial charge < -0.3 is 9.80 Å². The molecule has 1 fully saturated rings. The highest BCUT2D eigenvalue weighted by Gasteiger charge is 2.22. The Morgan fingerprint density at radius 2 is 1.75 bits per heavy atom. The van der Waals surface area contributed by atoms with Crippen LogP contribution < -0.4 is 4.90 Å². The molecule has 1 aromatic rings. The molecule has 1 aliphatic rings. The van der Waals surface area contributed by atoms with Gasteiger partial charge in [0.1, 0.15) is 0 Å². The standard InChI is InChI=1S/C15H19N3O2/c1-4-12-13(5-2)15(18(19)20)7-6-14(12)17-10-8-16(3)9-11-17/h4-7H,1-2,8-11H2,3H3. The van der Waals surface area contributed by atoms with E-state index in [-0.39, 0.29) is 10.6 Å². The summed E-state index contributed by atoms with van der Waals surface area (Å²) in [7, 11) is 2.09. The van der Waals surface area contributed by atoms with E-state index in [2.05, 4.69) is 30.0 Å². The molecule has 0 aliphatic carbocycles. The van der Waals surface area contributed by atoms with Crippen LogP contribution in [0.5, 0.6) is 0 Å². The molecule has 5 nitrogen and oxygen atoms in total. The number of likely N-dealkylation sites (N-methyl/N-ethyl adjacent to an activating group) is 1. The lowest BCUT2D eigenvalue weighted by atomic mass is 10.0. The number of nitro groups is 1. The van der Waals surface area contributed by atoms with Crippen LogP contribution in [0.25, 0.3) is 12.2 Å². The maximum atomic E-state index is 11.1. The Morgan fingerprint density at radius 1 is 1.15 bits per heavy atom. The van der Waals surface area contributed by atoms with Crippen LogP contribution in [0.2, 0.25) is 0 Å². The molecule has 1 aliphatic heterocycles. The highest BCUT2D eigenvalue weighted by atomic mass is 16.6. The van der Waals surface area contributed by atoms with Crippen molar-refractivity contribution in [3.63, 3.8) is 0 Å². The van der Waals surface area contributed by atoms with Gasteiger partial charge in [-0.05, 0) is 13.1 Å². The number of rotatable bonds is 4. The number of nitro benzene ring substituents is 1. The van der Waals surface area contributed by atoms with E-state index in [1.54, 1.807) is 12.1 Å². The van der Waals surface area contributed by atoms with Gasteiger partial charge in [-0.15, -0.1) is 0 Å². The molecular formula is C15H19N3O2. The molecule has 0 spiro atoms. The number of benzene rings is 1. The van der Waals surface area contributed by atoms with Gasteiger partial charge in [0.2, 0.25) is 0 Å². The second-order valence-corrected chi connectivity index (χ2v) is 4.89. The van der Waals surface area contributed by atoms with E-state index in [1.807, 2.05) is 6.07 Å². The van der Waals surface area contributed by atoms with E-state index in [0.717, 1.165) is 37.4 Å². The molecule has 1 aromatic carbocycles. The fourth-order valence-electron chi connectivity index (χ4n) is 2.52. The lowest BCUT2D eigenvalue weighted by molar-refractivity contribution is -0.385. The Labute approximate surface area is 119 Å². The topological polar surface area (TPSA) is 49.6 Å². The van der Waals surface area contributed by atoms with Crippen LogP contribution in [-0.4, -0.2) is 43.0 Å². The SMILES string of the molecule is C=Cc1c(N2CCN(C)CC2)ccc([N+](=O)[O-])c1C=C. The van der Waals surface area contributed by atoms with Gasteiger partial charge in [0.25, 0.3) is 5.69 Å². The summed E-state index contributed by atoms with van der Waals surface area (Å²) >= 11 is 0. The molecule has 106 valence electrons. The van der Waals surface area contributed by atoms with Gasteiger partial charge in [0.05, 0.1) is 10.5 Å². The van der Waals surface area contributed by atoms with Crippen LogP contribution >= 0.6 is 0 Å². The van der Waals surface area contributed by atoms with Crippen molar-refractivity contribution in [2.75, 3.05) is 38.1 Å². The van der Waals surface area contributed by atoms with Crippen molar-refractivity contribution in [3.05, 3.63) is 46.5 Å². The average Bonchev–Trinajstić information content (AvgIpc) is 2.46. The van der Waals surface area contributed by atoms with Crippen molar-refractivity contribution < 1.29 is 4.92 Å². The van der Waals surface area contributed by atoms with E-state index in [1.165, 1.54) is 6.08 Å². The normalized spacial score (nSPS) is 15.9. The predicted octanol–water partition coefficient (Wildman–Crippen LogP) is 2.63. The monoisotopic (exact) mass is 273 g/mol. The van der Waals surface area contributed by atoms with Crippen LogP contribution in [0.4, 0.5) is 11.4 Å². The second-order valence-electron chi connectivity index (χ2n) is 4.89. The molecule has 0 aromatic heterocycles. The van der Waals surface area contributed by atoms with E-state index >= 15 is 0 Å². The first-order valence-corrected chi connectivity index (χ1v) is 6.58. The zero-order valence-electron chi connectivity index (χ0n) is 11.7. The van der Waals surface area contributed by atoms with Crippen molar-refractivity contribution in [2.24, 2.45) is 0 Å². The lowest BCUT2D eigenvalue weighted by Crippen LogP contribution is -2.44. The average molecular weight is 273 g/mol. The van der Waals surface area contributed by atoms with Crippen LogP contribution in [0.3, 0.4) is 0 Å². The molecule has 2 rings (SSSR count). The van der Waals surface area contributed by atoms with Crippen LogP contribution in [0.1, 0.15) is 11.1 Å².